The molecule has 1 aliphatic carbocycles. The molecule has 0 amide bonds. The summed E-state index contributed by atoms with van der Waals surface area (Å²) in [7, 11) is 0. The Morgan fingerprint density at radius 3 is 2.63 bits per heavy atom. The molecule has 0 atom stereocenters. The topological polar surface area (TPSA) is 49.3 Å². The summed E-state index contributed by atoms with van der Waals surface area (Å²) in [5, 5.41) is 12.1. The summed E-state index contributed by atoms with van der Waals surface area (Å²) in [6.07, 6.45) is 5.88. The average molecular weight is 261 g/mol. The zero-order valence-electron chi connectivity index (χ0n) is 11.8. The van der Waals surface area contributed by atoms with Gasteiger partial charge in [-0.15, -0.1) is 0 Å². The Hall–Kier alpha value is -1.35. The van der Waals surface area contributed by atoms with Crippen molar-refractivity contribution in [3.8, 4) is 0 Å². The third-order valence-corrected chi connectivity index (χ3v) is 3.93. The average Bonchev–Trinajstić information content (AvgIpc) is 2.38. The lowest BCUT2D eigenvalue weighted by atomic mass is 9.90. The number of carboxylic acid groups (broad SMARTS) is 1. The van der Waals surface area contributed by atoms with Crippen molar-refractivity contribution in [3.63, 3.8) is 0 Å². The molecule has 3 heteroatoms. The molecule has 0 bridgehead atoms. The number of hydrogen-bond acceptors (Lipinski definition) is 2. The third-order valence-electron chi connectivity index (χ3n) is 3.93. The van der Waals surface area contributed by atoms with E-state index in [1.807, 2.05) is 0 Å². The molecule has 19 heavy (non-hydrogen) atoms. The van der Waals surface area contributed by atoms with Crippen LogP contribution in [0.2, 0.25) is 0 Å². The Morgan fingerprint density at radius 2 is 1.95 bits per heavy atom. The van der Waals surface area contributed by atoms with Crippen LogP contribution in [0.1, 0.15) is 43.4 Å². The third kappa shape index (κ3) is 3.57. The summed E-state index contributed by atoms with van der Waals surface area (Å²) >= 11 is 0. The molecule has 104 valence electrons. The standard InChI is InChI=1S/C16H23NO2/c1-16(2,15(18)19)17-10-9-12-7-8-13-5-3-4-6-14(13)11-12/h7-8,11,17H,3-6,9-10H2,1-2H3,(H,18,19). The number of aryl methyl sites for hydroxylation is 2. The first-order chi connectivity index (χ1) is 8.99. The monoisotopic (exact) mass is 261 g/mol. The van der Waals surface area contributed by atoms with Crippen LogP contribution in [-0.4, -0.2) is 23.2 Å². The molecular weight excluding hydrogens is 238 g/mol. The summed E-state index contributed by atoms with van der Waals surface area (Å²) in [6, 6.07) is 6.72. The van der Waals surface area contributed by atoms with Crippen LogP contribution >= 0.6 is 0 Å². The van der Waals surface area contributed by atoms with Gasteiger partial charge in [0, 0.05) is 6.54 Å². The summed E-state index contributed by atoms with van der Waals surface area (Å²) < 4.78 is 0. The van der Waals surface area contributed by atoms with E-state index in [2.05, 4.69) is 23.5 Å². The molecule has 0 saturated heterocycles. The van der Waals surface area contributed by atoms with E-state index < -0.39 is 11.5 Å². The molecule has 1 aliphatic rings. The number of aliphatic carboxylic acids is 1. The highest BCUT2D eigenvalue weighted by Crippen LogP contribution is 2.22. The molecular formula is C16H23NO2. The van der Waals surface area contributed by atoms with E-state index in [0.29, 0.717) is 6.54 Å². The highest BCUT2D eigenvalue weighted by atomic mass is 16.4. The first kappa shape index (κ1) is 14.1. The van der Waals surface area contributed by atoms with Gasteiger partial charge in [-0.25, -0.2) is 0 Å². The zero-order chi connectivity index (χ0) is 13.9. The van der Waals surface area contributed by atoms with Crippen molar-refractivity contribution in [2.75, 3.05) is 6.54 Å². The van der Waals surface area contributed by atoms with Gasteiger partial charge in [-0.2, -0.15) is 0 Å². The number of rotatable bonds is 5. The first-order valence-corrected chi connectivity index (χ1v) is 7.08. The van der Waals surface area contributed by atoms with Gasteiger partial charge in [-0.1, -0.05) is 18.2 Å². The predicted octanol–water partition coefficient (Wildman–Crippen LogP) is 2.56. The van der Waals surface area contributed by atoms with E-state index in [1.54, 1.807) is 13.8 Å². The fourth-order valence-corrected chi connectivity index (χ4v) is 2.54. The maximum absolute atomic E-state index is 11.0. The van der Waals surface area contributed by atoms with Crippen LogP contribution in [0.5, 0.6) is 0 Å². The van der Waals surface area contributed by atoms with E-state index >= 15 is 0 Å². The lowest BCUT2D eigenvalue weighted by Gasteiger charge is -2.21. The summed E-state index contributed by atoms with van der Waals surface area (Å²) in [4.78, 5) is 11.0. The maximum Gasteiger partial charge on any atom is 0.323 e. The van der Waals surface area contributed by atoms with Crippen molar-refractivity contribution in [1.82, 2.24) is 5.32 Å². The van der Waals surface area contributed by atoms with Gasteiger partial charge in [0.2, 0.25) is 0 Å². The van der Waals surface area contributed by atoms with Gasteiger partial charge in [-0.05, 0) is 62.6 Å². The van der Waals surface area contributed by atoms with E-state index in [9.17, 15) is 4.79 Å². The molecule has 0 radical (unpaired) electrons. The van der Waals surface area contributed by atoms with Crippen molar-refractivity contribution < 1.29 is 9.90 Å². The smallest absolute Gasteiger partial charge is 0.323 e. The van der Waals surface area contributed by atoms with Gasteiger partial charge in [0.25, 0.3) is 0 Å². The summed E-state index contributed by atoms with van der Waals surface area (Å²) in [5.74, 6) is -0.807. The second-order valence-electron chi connectivity index (χ2n) is 5.92. The second kappa shape index (κ2) is 5.74. The summed E-state index contributed by atoms with van der Waals surface area (Å²) in [5.41, 5.74) is 3.43. The van der Waals surface area contributed by atoms with Gasteiger partial charge in [0.05, 0.1) is 0 Å². The van der Waals surface area contributed by atoms with Crippen LogP contribution in [0.15, 0.2) is 18.2 Å². The lowest BCUT2D eigenvalue weighted by Crippen LogP contribution is -2.47. The fourth-order valence-electron chi connectivity index (χ4n) is 2.54. The first-order valence-electron chi connectivity index (χ1n) is 7.08. The highest BCUT2D eigenvalue weighted by molar-refractivity contribution is 5.77. The fraction of sp³-hybridized carbons (Fsp3) is 0.562. The number of carboxylic acids is 1. The van der Waals surface area contributed by atoms with Gasteiger partial charge >= 0.3 is 5.97 Å². The molecule has 0 fully saturated rings. The minimum Gasteiger partial charge on any atom is -0.480 e. The zero-order valence-corrected chi connectivity index (χ0v) is 11.8. The van der Waals surface area contributed by atoms with Crippen molar-refractivity contribution in [2.24, 2.45) is 0 Å². The van der Waals surface area contributed by atoms with E-state index in [1.165, 1.54) is 42.4 Å². The number of fused-ring (bicyclic) bond motifs is 1. The van der Waals surface area contributed by atoms with Gasteiger partial charge < -0.3 is 10.4 Å². The van der Waals surface area contributed by atoms with E-state index in [4.69, 9.17) is 5.11 Å². The Kier molecular flexibility index (Phi) is 4.25. The number of benzene rings is 1. The molecule has 3 nitrogen and oxygen atoms in total. The quantitative estimate of drug-likeness (QED) is 0.856. The Morgan fingerprint density at radius 1 is 1.26 bits per heavy atom. The largest absolute Gasteiger partial charge is 0.480 e. The number of carbonyl (C=O) groups is 1. The number of nitrogens with one attached hydrogen (secondary N) is 1. The molecule has 1 aromatic rings. The minimum absolute atomic E-state index is 0.693. The maximum atomic E-state index is 11.0. The molecule has 0 aliphatic heterocycles. The van der Waals surface area contributed by atoms with Crippen LogP contribution < -0.4 is 5.32 Å². The molecule has 0 unspecified atom stereocenters. The second-order valence-corrected chi connectivity index (χ2v) is 5.92. The molecule has 0 saturated carbocycles. The van der Waals surface area contributed by atoms with Crippen molar-refractivity contribution in [2.45, 2.75) is 51.5 Å². The molecule has 2 rings (SSSR count). The molecule has 0 aromatic heterocycles. The Labute approximate surface area is 115 Å². The van der Waals surface area contributed by atoms with Crippen LogP contribution in [0, 0.1) is 0 Å². The van der Waals surface area contributed by atoms with Gasteiger partial charge in [0.1, 0.15) is 5.54 Å². The van der Waals surface area contributed by atoms with Crippen molar-refractivity contribution >= 4 is 5.97 Å². The lowest BCUT2D eigenvalue weighted by molar-refractivity contribution is -0.143. The van der Waals surface area contributed by atoms with Crippen molar-refractivity contribution in [3.05, 3.63) is 34.9 Å². The molecule has 0 spiro atoms. The van der Waals surface area contributed by atoms with Crippen LogP contribution in [0.4, 0.5) is 0 Å². The van der Waals surface area contributed by atoms with E-state index in [-0.39, 0.29) is 0 Å². The predicted molar refractivity (Wildman–Crippen MR) is 76.5 cm³/mol. The molecule has 1 aromatic carbocycles. The van der Waals surface area contributed by atoms with E-state index in [0.717, 1.165) is 6.42 Å². The minimum atomic E-state index is -0.853. The van der Waals surface area contributed by atoms with Crippen LogP contribution in [0.25, 0.3) is 0 Å². The van der Waals surface area contributed by atoms with Crippen LogP contribution in [0.3, 0.4) is 0 Å². The van der Waals surface area contributed by atoms with Gasteiger partial charge in [0.15, 0.2) is 0 Å². The SMILES string of the molecule is CC(C)(NCCc1ccc2c(c1)CCCC2)C(=O)O. The number of hydrogen-bond donors (Lipinski definition) is 2. The Balaban J connectivity index is 1.92. The van der Waals surface area contributed by atoms with Crippen LogP contribution in [-0.2, 0) is 24.1 Å². The Bertz CT molecular complexity index is 466. The molecule has 0 heterocycles. The normalized spacial score (nSPS) is 15.1. The molecule has 2 N–H and O–H groups in total. The summed E-state index contributed by atoms with van der Waals surface area (Å²) in [6.45, 7) is 4.09. The van der Waals surface area contributed by atoms with Gasteiger partial charge in [-0.3, -0.25) is 4.79 Å². The highest BCUT2D eigenvalue weighted by Gasteiger charge is 2.25. The van der Waals surface area contributed by atoms with Crippen molar-refractivity contribution in [1.29, 1.82) is 0 Å².